The second-order valence-electron chi connectivity index (χ2n) is 3.85. The number of nitrogens with zero attached hydrogens (tertiary/aromatic N) is 1. The van der Waals surface area contributed by atoms with Crippen LogP contribution in [0.4, 0.5) is 13.2 Å². The molecule has 96 valence electrons. The van der Waals surface area contributed by atoms with Gasteiger partial charge in [-0.1, -0.05) is 12.1 Å². The highest BCUT2D eigenvalue weighted by Crippen LogP contribution is 2.31. The predicted molar refractivity (Wildman–Crippen MR) is 61.8 cm³/mol. The lowest BCUT2D eigenvalue weighted by Crippen LogP contribution is -2.06. The fourth-order valence-electron chi connectivity index (χ4n) is 1.63. The van der Waals surface area contributed by atoms with Crippen LogP contribution in [-0.4, -0.2) is 17.0 Å². The van der Waals surface area contributed by atoms with Gasteiger partial charge in [0, 0.05) is 5.56 Å². The number of H-pyrrole nitrogens is 1. The fraction of sp³-hybridized carbons (Fsp3) is 0.250. The van der Waals surface area contributed by atoms with Gasteiger partial charge in [0.2, 0.25) is 0 Å². The molecule has 0 fully saturated rings. The largest absolute Gasteiger partial charge is 0.416 e. The van der Waals surface area contributed by atoms with E-state index in [4.69, 9.17) is 0 Å². The van der Waals surface area contributed by atoms with Crippen LogP contribution in [0.15, 0.2) is 30.5 Å². The third-order valence-electron chi connectivity index (χ3n) is 2.47. The highest BCUT2D eigenvalue weighted by molar-refractivity contribution is 5.59. The van der Waals surface area contributed by atoms with Gasteiger partial charge in [-0.2, -0.15) is 13.2 Å². The standard InChI is InChI=1S/C12H12F3N3/c1-16-7-11-17-6-10(18-11)8-3-2-4-9(5-8)12(13,14)15/h2-6,16H,7H2,1H3,(H,17,18). The molecule has 18 heavy (non-hydrogen) atoms. The lowest BCUT2D eigenvalue weighted by atomic mass is 10.1. The van der Waals surface area contributed by atoms with Crippen LogP contribution in [0.5, 0.6) is 0 Å². The van der Waals surface area contributed by atoms with Crippen molar-refractivity contribution in [3.8, 4) is 11.3 Å². The van der Waals surface area contributed by atoms with E-state index in [1.54, 1.807) is 13.1 Å². The van der Waals surface area contributed by atoms with Crippen molar-refractivity contribution in [1.29, 1.82) is 0 Å². The molecule has 2 N–H and O–H groups in total. The van der Waals surface area contributed by atoms with Crippen LogP contribution in [0.2, 0.25) is 0 Å². The summed E-state index contributed by atoms with van der Waals surface area (Å²) in [6.07, 6.45) is -2.80. The van der Waals surface area contributed by atoms with E-state index in [0.29, 0.717) is 23.6 Å². The average molecular weight is 255 g/mol. The Kier molecular flexibility index (Phi) is 3.38. The van der Waals surface area contributed by atoms with E-state index in [0.717, 1.165) is 12.1 Å². The van der Waals surface area contributed by atoms with Crippen LogP contribution in [-0.2, 0) is 12.7 Å². The summed E-state index contributed by atoms with van der Waals surface area (Å²) in [5.41, 5.74) is 0.385. The summed E-state index contributed by atoms with van der Waals surface area (Å²) in [4.78, 5) is 7.04. The first-order chi connectivity index (χ1) is 8.50. The summed E-state index contributed by atoms with van der Waals surface area (Å²) in [6, 6.07) is 5.16. The maximum Gasteiger partial charge on any atom is 0.416 e. The number of aromatic amines is 1. The Morgan fingerprint density at radius 2 is 2.11 bits per heavy atom. The van der Waals surface area contributed by atoms with Gasteiger partial charge in [0.1, 0.15) is 5.82 Å². The van der Waals surface area contributed by atoms with E-state index in [-0.39, 0.29) is 0 Å². The molecule has 0 aliphatic heterocycles. The number of imidazole rings is 1. The number of nitrogens with one attached hydrogen (secondary N) is 2. The summed E-state index contributed by atoms with van der Waals surface area (Å²) >= 11 is 0. The minimum atomic E-state index is -4.33. The highest BCUT2D eigenvalue weighted by atomic mass is 19.4. The number of aromatic nitrogens is 2. The Morgan fingerprint density at radius 3 is 2.78 bits per heavy atom. The van der Waals surface area contributed by atoms with Crippen molar-refractivity contribution in [3.05, 3.63) is 41.9 Å². The van der Waals surface area contributed by atoms with Crippen LogP contribution < -0.4 is 5.32 Å². The zero-order chi connectivity index (χ0) is 13.2. The highest BCUT2D eigenvalue weighted by Gasteiger charge is 2.30. The van der Waals surface area contributed by atoms with E-state index in [9.17, 15) is 13.2 Å². The molecular weight excluding hydrogens is 243 g/mol. The van der Waals surface area contributed by atoms with Gasteiger partial charge < -0.3 is 10.3 Å². The maximum atomic E-state index is 12.6. The molecule has 0 radical (unpaired) electrons. The molecule has 0 saturated carbocycles. The molecule has 0 bridgehead atoms. The third-order valence-corrected chi connectivity index (χ3v) is 2.47. The molecule has 0 amide bonds. The first-order valence-electron chi connectivity index (χ1n) is 5.37. The third kappa shape index (κ3) is 2.70. The number of hydrogen-bond acceptors (Lipinski definition) is 2. The normalized spacial score (nSPS) is 11.8. The molecular formula is C12H12F3N3. The topological polar surface area (TPSA) is 40.7 Å². The Morgan fingerprint density at radius 1 is 1.33 bits per heavy atom. The van der Waals surface area contributed by atoms with Gasteiger partial charge in [0.25, 0.3) is 0 Å². The Labute approximate surface area is 102 Å². The summed E-state index contributed by atoms with van der Waals surface area (Å²) in [5, 5.41) is 2.91. The number of alkyl halides is 3. The minimum absolute atomic E-state index is 0.472. The van der Waals surface area contributed by atoms with Crippen LogP contribution >= 0.6 is 0 Å². The summed E-state index contributed by atoms with van der Waals surface area (Å²) in [5.74, 6) is 0.685. The second kappa shape index (κ2) is 4.81. The van der Waals surface area contributed by atoms with Gasteiger partial charge in [-0.05, 0) is 19.2 Å². The van der Waals surface area contributed by atoms with Gasteiger partial charge in [-0.15, -0.1) is 0 Å². The molecule has 1 heterocycles. The van der Waals surface area contributed by atoms with E-state index in [2.05, 4.69) is 15.3 Å². The molecule has 1 aromatic heterocycles. The Bertz CT molecular complexity index is 531. The van der Waals surface area contributed by atoms with Crippen LogP contribution in [0.25, 0.3) is 11.3 Å². The summed E-state index contributed by atoms with van der Waals surface area (Å²) in [7, 11) is 1.77. The summed E-state index contributed by atoms with van der Waals surface area (Å²) in [6.45, 7) is 0.541. The summed E-state index contributed by atoms with van der Waals surface area (Å²) < 4.78 is 37.7. The lowest BCUT2D eigenvalue weighted by molar-refractivity contribution is -0.137. The maximum absolute atomic E-state index is 12.6. The Hall–Kier alpha value is -1.82. The van der Waals surface area contributed by atoms with Crippen LogP contribution in [0.1, 0.15) is 11.4 Å². The van der Waals surface area contributed by atoms with Gasteiger partial charge in [-0.25, -0.2) is 4.98 Å². The molecule has 2 rings (SSSR count). The number of benzene rings is 1. The van der Waals surface area contributed by atoms with Crippen LogP contribution in [0, 0.1) is 0 Å². The smallest absolute Gasteiger partial charge is 0.341 e. The lowest BCUT2D eigenvalue weighted by Gasteiger charge is -2.07. The quantitative estimate of drug-likeness (QED) is 0.885. The molecule has 0 atom stereocenters. The van der Waals surface area contributed by atoms with Gasteiger partial charge in [0.15, 0.2) is 0 Å². The van der Waals surface area contributed by atoms with Crippen molar-refractivity contribution in [3.63, 3.8) is 0 Å². The molecule has 1 aromatic carbocycles. The van der Waals surface area contributed by atoms with Gasteiger partial charge in [-0.3, -0.25) is 0 Å². The molecule has 0 spiro atoms. The predicted octanol–water partition coefficient (Wildman–Crippen LogP) is 2.81. The first kappa shape index (κ1) is 12.6. The first-order valence-corrected chi connectivity index (χ1v) is 5.37. The number of rotatable bonds is 3. The Balaban J connectivity index is 2.32. The van der Waals surface area contributed by atoms with Crippen LogP contribution in [0.3, 0.4) is 0 Å². The van der Waals surface area contributed by atoms with Crippen molar-refractivity contribution in [2.45, 2.75) is 12.7 Å². The van der Waals surface area contributed by atoms with Crippen molar-refractivity contribution in [2.75, 3.05) is 7.05 Å². The molecule has 0 saturated heterocycles. The molecule has 6 heteroatoms. The molecule has 0 unspecified atom stereocenters. The zero-order valence-corrected chi connectivity index (χ0v) is 9.67. The van der Waals surface area contributed by atoms with Crippen molar-refractivity contribution >= 4 is 0 Å². The molecule has 0 aliphatic rings. The SMILES string of the molecule is CNCc1ncc(-c2cccc(C(F)(F)F)c2)[nH]1. The van der Waals surface area contributed by atoms with E-state index in [1.807, 2.05) is 0 Å². The zero-order valence-electron chi connectivity index (χ0n) is 9.67. The fourth-order valence-corrected chi connectivity index (χ4v) is 1.63. The van der Waals surface area contributed by atoms with Gasteiger partial charge in [0.05, 0.1) is 24.0 Å². The molecule has 2 aromatic rings. The average Bonchev–Trinajstić information content (AvgIpc) is 2.77. The molecule has 0 aliphatic carbocycles. The number of halogens is 3. The van der Waals surface area contributed by atoms with Crippen molar-refractivity contribution < 1.29 is 13.2 Å². The second-order valence-corrected chi connectivity index (χ2v) is 3.85. The van der Waals surface area contributed by atoms with Crippen molar-refractivity contribution in [1.82, 2.24) is 15.3 Å². The van der Waals surface area contributed by atoms with E-state index in [1.165, 1.54) is 12.3 Å². The van der Waals surface area contributed by atoms with Gasteiger partial charge >= 0.3 is 6.18 Å². The number of hydrogen-bond donors (Lipinski definition) is 2. The van der Waals surface area contributed by atoms with Crippen molar-refractivity contribution in [2.24, 2.45) is 0 Å². The monoisotopic (exact) mass is 255 g/mol. The molecule has 3 nitrogen and oxygen atoms in total. The van der Waals surface area contributed by atoms with E-state index < -0.39 is 11.7 Å². The van der Waals surface area contributed by atoms with E-state index >= 15 is 0 Å². The minimum Gasteiger partial charge on any atom is -0.341 e.